The van der Waals surface area contributed by atoms with Crippen molar-refractivity contribution >= 4 is 21.4 Å². The third-order valence-corrected chi connectivity index (χ3v) is 5.27. The van der Waals surface area contributed by atoms with E-state index in [1.807, 2.05) is 48.5 Å². The summed E-state index contributed by atoms with van der Waals surface area (Å²) >= 11 is 1.76. The SMILES string of the molecule is OCc1cc(OCc2ccccc2)cc(-c2cc3ccccc3s2)c1. The van der Waals surface area contributed by atoms with Gasteiger partial charge in [0.1, 0.15) is 12.4 Å². The van der Waals surface area contributed by atoms with Crippen LogP contribution in [0.1, 0.15) is 11.1 Å². The molecule has 3 heteroatoms. The van der Waals surface area contributed by atoms with Crippen LogP contribution in [0, 0.1) is 0 Å². The van der Waals surface area contributed by atoms with Gasteiger partial charge in [-0.25, -0.2) is 0 Å². The van der Waals surface area contributed by atoms with Crippen molar-refractivity contribution in [2.45, 2.75) is 13.2 Å². The molecule has 0 fully saturated rings. The lowest BCUT2D eigenvalue weighted by molar-refractivity contribution is 0.278. The van der Waals surface area contributed by atoms with Crippen LogP contribution in [0.2, 0.25) is 0 Å². The van der Waals surface area contributed by atoms with Gasteiger partial charge in [0, 0.05) is 9.58 Å². The fraction of sp³-hybridized carbons (Fsp3) is 0.0909. The molecule has 3 aromatic carbocycles. The fourth-order valence-corrected chi connectivity index (χ4v) is 3.89. The Kier molecular flexibility index (Phi) is 4.51. The molecule has 1 N–H and O–H groups in total. The minimum Gasteiger partial charge on any atom is -0.489 e. The standard InChI is InChI=1S/C22H18O2S/c23-14-17-10-19(22-13-18-8-4-5-9-21(18)25-22)12-20(11-17)24-15-16-6-2-1-3-7-16/h1-13,23H,14-15H2. The van der Waals surface area contributed by atoms with E-state index >= 15 is 0 Å². The Morgan fingerprint density at radius 2 is 1.60 bits per heavy atom. The summed E-state index contributed by atoms with van der Waals surface area (Å²) in [4.78, 5) is 1.18. The molecule has 0 spiro atoms. The van der Waals surface area contributed by atoms with Crippen molar-refractivity contribution in [1.82, 2.24) is 0 Å². The zero-order chi connectivity index (χ0) is 17.1. The van der Waals surface area contributed by atoms with Gasteiger partial charge in [0.25, 0.3) is 0 Å². The third-order valence-electron chi connectivity index (χ3n) is 4.11. The largest absolute Gasteiger partial charge is 0.489 e. The number of thiophene rings is 1. The molecule has 0 aliphatic rings. The van der Waals surface area contributed by atoms with Crippen molar-refractivity contribution in [1.29, 1.82) is 0 Å². The second-order valence-corrected chi connectivity index (χ2v) is 7.03. The molecule has 124 valence electrons. The maximum Gasteiger partial charge on any atom is 0.120 e. The highest BCUT2D eigenvalue weighted by Gasteiger charge is 2.08. The molecule has 0 saturated heterocycles. The average molecular weight is 346 g/mol. The Hall–Kier alpha value is -2.62. The predicted octanol–water partition coefficient (Wildman–Crippen LogP) is 5.64. The Balaban J connectivity index is 1.65. The Morgan fingerprint density at radius 3 is 2.40 bits per heavy atom. The van der Waals surface area contributed by atoms with Gasteiger partial charge >= 0.3 is 0 Å². The van der Waals surface area contributed by atoms with Gasteiger partial charge in [0.05, 0.1) is 6.61 Å². The summed E-state index contributed by atoms with van der Waals surface area (Å²) in [6.45, 7) is 0.516. The Labute approximate surface area is 151 Å². The van der Waals surface area contributed by atoms with Gasteiger partial charge in [-0.05, 0) is 52.4 Å². The number of hydrogen-bond acceptors (Lipinski definition) is 3. The number of fused-ring (bicyclic) bond motifs is 1. The third kappa shape index (κ3) is 3.58. The van der Waals surface area contributed by atoms with E-state index in [1.54, 1.807) is 11.3 Å². The second kappa shape index (κ2) is 7.09. The normalized spacial score (nSPS) is 10.9. The van der Waals surface area contributed by atoms with Crippen LogP contribution in [0.4, 0.5) is 0 Å². The molecule has 0 saturated carbocycles. The van der Waals surface area contributed by atoms with E-state index in [4.69, 9.17) is 4.74 Å². The molecule has 2 nitrogen and oxygen atoms in total. The van der Waals surface area contributed by atoms with Crippen LogP contribution in [0.15, 0.2) is 78.9 Å². The van der Waals surface area contributed by atoms with Crippen LogP contribution < -0.4 is 4.74 Å². The van der Waals surface area contributed by atoms with Crippen LogP contribution in [0.25, 0.3) is 20.5 Å². The van der Waals surface area contributed by atoms with Crippen molar-refractivity contribution in [3.63, 3.8) is 0 Å². The summed E-state index contributed by atoms with van der Waals surface area (Å²) in [5.41, 5.74) is 3.06. The molecule has 1 aromatic heterocycles. The highest BCUT2D eigenvalue weighted by molar-refractivity contribution is 7.22. The van der Waals surface area contributed by atoms with Crippen molar-refractivity contribution in [2.75, 3.05) is 0 Å². The summed E-state index contributed by atoms with van der Waals surface area (Å²) in [5, 5.41) is 10.8. The van der Waals surface area contributed by atoms with Gasteiger partial charge in [0.15, 0.2) is 0 Å². The van der Waals surface area contributed by atoms with Crippen molar-refractivity contribution in [2.24, 2.45) is 0 Å². The molecule has 4 rings (SSSR count). The number of aliphatic hydroxyl groups excluding tert-OH is 1. The van der Waals surface area contributed by atoms with Gasteiger partial charge in [-0.3, -0.25) is 0 Å². The summed E-state index contributed by atoms with van der Waals surface area (Å²) in [6, 6.07) is 26.6. The van der Waals surface area contributed by atoms with E-state index in [0.29, 0.717) is 6.61 Å². The molecule has 4 aromatic rings. The zero-order valence-corrected chi connectivity index (χ0v) is 14.5. The van der Waals surface area contributed by atoms with E-state index < -0.39 is 0 Å². The molecule has 0 aliphatic heterocycles. The van der Waals surface area contributed by atoms with Gasteiger partial charge < -0.3 is 9.84 Å². The second-order valence-electron chi connectivity index (χ2n) is 5.95. The Morgan fingerprint density at radius 1 is 0.800 bits per heavy atom. The zero-order valence-electron chi connectivity index (χ0n) is 13.7. The average Bonchev–Trinajstić information content (AvgIpc) is 3.11. The van der Waals surface area contributed by atoms with Crippen LogP contribution >= 0.6 is 11.3 Å². The molecule has 0 radical (unpaired) electrons. The molecule has 0 unspecified atom stereocenters. The Bertz CT molecular complexity index is 956. The summed E-state index contributed by atoms with van der Waals surface area (Å²) in [7, 11) is 0. The first-order valence-electron chi connectivity index (χ1n) is 8.22. The number of hydrogen-bond donors (Lipinski definition) is 1. The van der Waals surface area contributed by atoms with Crippen LogP contribution in [-0.2, 0) is 13.2 Å². The minimum atomic E-state index is 0.000429. The molecule has 25 heavy (non-hydrogen) atoms. The number of benzene rings is 3. The summed E-state index contributed by atoms with van der Waals surface area (Å²) < 4.78 is 7.23. The predicted molar refractivity (Wildman–Crippen MR) is 104 cm³/mol. The summed E-state index contributed by atoms with van der Waals surface area (Å²) in [6.07, 6.45) is 0. The van der Waals surface area contributed by atoms with E-state index in [0.717, 1.165) is 22.4 Å². The van der Waals surface area contributed by atoms with E-state index in [-0.39, 0.29) is 6.61 Å². The molecule has 0 atom stereocenters. The first kappa shape index (κ1) is 15.9. The van der Waals surface area contributed by atoms with Crippen molar-refractivity contribution in [3.05, 3.63) is 90.0 Å². The first-order valence-corrected chi connectivity index (χ1v) is 9.04. The maximum atomic E-state index is 9.61. The highest BCUT2D eigenvalue weighted by Crippen LogP contribution is 2.35. The van der Waals surface area contributed by atoms with Gasteiger partial charge in [-0.15, -0.1) is 11.3 Å². The lowest BCUT2D eigenvalue weighted by Crippen LogP contribution is -1.96. The lowest BCUT2D eigenvalue weighted by Gasteiger charge is -2.10. The lowest BCUT2D eigenvalue weighted by atomic mass is 10.1. The smallest absolute Gasteiger partial charge is 0.120 e. The number of rotatable bonds is 5. The quantitative estimate of drug-likeness (QED) is 0.507. The summed E-state index contributed by atoms with van der Waals surface area (Å²) in [5.74, 6) is 0.780. The first-order chi connectivity index (χ1) is 12.3. The van der Waals surface area contributed by atoms with Gasteiger partial charge in [0.2, 0.25) is 0 Å². The van der Waals surface area contributed by atoms with E-state index in [9.17, 15) is 5.11 Å². The molecule has 1 heterocycles. The van der Waals surface area contributed by atoms with Crippen LogP contribution in [0.3, 0.4) is 0 Å². The van der Waals surface area contributed by atoms with Crippen LogP contribution in [-0.4, -0.2) is 5.11 Å². The van der Waals surface area contributed by atoms with Crippen LogP contribution in [0.5, 0.6) is 5.75 Å². The van der Waals surface area contributed by atoms with E-state index in [1.165, 1.54) is 15.0 Å². The van der Waals surface area contributed by atoms with Crippen molar-refractivity contribution in [3.8, 4) is 16.2 Å². The minimum absolute atomic E-state index is 0.000429. The molecular weight excluding hydrogens is 328 g/mol. The molecule has 0 bridgehead atoms. The number of aliphatic hydroxyl groups is 1. The number of ether oxygens (including phenoxy) is 1. The van der Waals surface area contributed by atoms with E-state index in [2.05, 4.69) is 30.3 Å². The molecule has 0 amide bonds. The maximum absolute atomic E-state index is 9.61. The molecular formula is C22H18O2S. The molecule has 0 aliphatic carbocycles. The monoisotopic (exact) mass is 346 g/mol. The van der Waals surface area contributed by atoms with Gasteiger partial charge in [-0.1, -0.05) is 48.5 Å². The highest BCUT2D eigenvalue weighted by atomic mass is 32.1. The fourth-order valence-electron chi connectivity index (χ4n) is 2.84. The van der Waals surface area contributed by atoms with Gasteiger partial charge in [-0.2, -0.15) is 0 Å². The van der Waals surface area contributed by atoms with Crippen molar-refractivity contribution < 1.29 is 9.84 Å². The topological polar surface area (TPSA) is 29.5 Å².